The molecule has 0 saturated carbocycles. The lowest BCUT2D eigenvalue weighted by Crippen LogP contribution is -2.32. The maximum atomic E-state index is 10.7. The normalized spacial score (nSPS) is 10.4. The summed E-state index contributed by atoms with van der Waals surface area (Å²) in [6, 6.07) is 7.09. The van der Waals surface area contributed by atoms with Crippen molar-refractivity contribution in [2.24, 2.45) is 0 Å². The summed E-state index contributed by atoms with van der Waals surface area (Å²) in [6.07, 6.45) is 1.30. The van der Waals surface area contributed by atoms with Crippen molar-refractivity contribution < 1.29 is 14.3 Å². The van der Waals surface area contributed by atoms with Crippen molar-refractivity contribution in [1.29, 1.82) is 0 Å². The van der Waals surface area contributed by atoms with Crippen LogP contribution < -0.4 is 10.3 Å². The van der Waals surface area contributed by atoms with Crippen LogP contribution in [0.4, 0.5) is 0 Å². The Morgan fingerprint density at radius 3 is 2.57 bits per heavy atom. The molecule has 1 aromatic carbocycles. The van der Waals surface area contributed by atoms with Crippen molar-refractivity contribution >= 4 is 0 Å². The Kier molecular flexibility index (Phi) is 2.16. The maximum Gasteiger partial charge on any atom is 0.427 e. The van der Waals surface area contributed by atoms with Crippen molar-refractivity contribution in [1.82, 2.24) is 5.27 Å². The van der Waals surface area contributed by atoms with Gasteiger partial charge in [-0.2, -0.15) is 0 Å². The van der Waals surface area contributed by atoms with Gasteiger partial charge in [-0.25, -0.2) is 4.79 Å². The minimum atomic E-state index is -0.434. The van der Waals surface area contributed by atoms with Gasteiger partial charge >= 0.3 is 5.63 Å². The number of hydrogen-bond acceptors (Lipinski definition) is 3. The van der Waals surface area contributed by atoms with Crippen molar-refractivity contribution in [3.8, 4) is 5.69 Å². The molecule has 5 nitrogen and oxygen atoms in total. The zero-order valence-corrected chi connectivity index (χ0v) is 7.30. The third kappa shape index (κ3) is 1.57. The average molecular weight is 193 g/mol. The second kappa shape index (κ2) is 3.47. The van der Waals surface area contributed by atoms with Crippen LogP contribution in [0, 0.1) is 0 Å². The fraction of sp³-hybridized carbons (Fsp3) is 0.111. The molecular formula is C9H9N2O3+. The summed E-state index contributed by atoms with van der Waals surface area (Å²) in [4.78, 5) is 10.7. The molecule has 1 aromatic heterocycles. The number of H-pyrrole nitrogens is 1. The lowest BCUT2D eigenvalue weighted by atomic mass is 10.2. The number of aliphatic hydroxyl groups excluding tert-OH is 1. The largest absolute Gasteiger partial charge is 0.427 e. The molecule has 0 unspecified atom stereocenters. The standard InChI is InChI=1S/C9H8N2O3/c12-6-7-1-3-8(4-2-7)11-5-9(13)14-10-11/h1-5,12H,6H2/p+1. The highest BCUT2D eigenvalue weighted by molar-refractivity contribution is 5.26. The highest BCUT2D eigenvalue weighted by atomic mass is 16.5. The molecule has 0 radical (unpaired) electrons. The van der Waals surface area contributed by atoms with Gasteiger partial charge in [-0.3, -0.25) is 4.52 Å². The van der Waals surface area contributed by atoms with Gasteiger partial charge in [0, 0.05) is 12.1 Å². The summed E-state index contributed by atoms with van der Waals surface area (Å²) in [5.74, 6) is 0. The van der Waals surface area contributed by atoms with Gasteiger partial charge in [0.25, 0.3) is 6.20 Å². The van der Waals surface area contributed by atoms with Crippen molar-refractivity contribution in [2.75, 3.05) is 0 Å². The Labute approximate surface area is 79.2 Å². The van der Waals surface area contributed by atoms with E-state index in [-0.39, 0.29) is 6.61 Å². The first kappa shape index (κ1) is 8.71. The van der Waals surface area contributed by atoms with E-state index >= 15 is 0 Å². The van der Waals surface area contributed by atoms with E-state index in [9.17, 15) is 4.79 Å². The van der Waals surface area contributed by atoms with Crippen LogP contribution >= 0.6 is 0 Å². The lowest BCUT2D eigenvalue weighted by molar-refractivity contribution is -0.670. The van der Waals surface area contributed by atoms with Gasteiger partial charge in [-0.1, -0.05) is 12.1 Å². The molecule has 72 valence electrons. The first-order valence-electron chi connectivity index (χ1n) is 4.10. The van der Waals surface area contributed by atoms with Crippen LogP contribution in [0.3, 0.4) is 0 Å². The van der Waals surface area contributed by atoms with Crippen molar-refractivity contribution in [2.45, 2.75) is 6.61 Å². The minimum absolute atomic E-state index is 0.00680. The molecule has 2 N–H and O–H groups in total. The van der Waals surface area contributed by atoms with E-state index in [4.69, 9.17) is 5.11 Å². The second-order valence-corrected chi connectivity index (χ2v) is 2.84. The molecule has 1 heterocycles. The molecule has 0 aliphatic heterocycles. The highest BCUT2D eigenvalue weighted by Crippen LogP contribution is 2.02. The Hall–Kier alpha value is -1.88. The van der Waals surface area contributed by atoms with E-state index in [1.165, 1.54) is 10.9 Å². The molecule has 0 fully saturated rings. The first-order valence-corrected chi connectivity index (χ1v) is 4.10. The zero-order chi connectivity index (χ0) is 9.97. The van der Waals surface area contributed by atoms with E-state index in [1.807, 2.05) is 0 Å². The van der Waals surface area contributed by atoms with Gasteiger partial charge in [-0.15, -0.1) is 0 Å². The third-order valence-electron chi connectivity index (χ3n) is 1.88. The first-order chi connectivity index (χ1) is 6.79. The number of aromatic nitrogens is 2. The number of nitrogens with zero attached hydrogens (tertiary/aromatic N) is 1. The van der Waals surface area contributed by atoms with Crippen LogP contribution in [0.2, 0.25) is 0 Å². The predicted octanol–water partition coefficient (Wildman–Crippen LogP) is -0.263. The molecule has 2 rings (SSSR count). The molecule has 14 heavy (non-hydrogen) atoms. The molecule has 0 bridgehead atoms. The summed E-state index contributed by atoms with van der Waals surface area (Å²) in [5, 5.41) is 11.2. The number of nitrogens with one attached hydrogen (secondary N) is 1. The van der Waals surface area contributed by atoms with E-state index in [1.54, 1.807) is 24.3 Å². The maximum absolute atomic E-state index is 10.7. The fourth-order valence-corrected chi connectivity index (χ4v) is 1.14. The molecule has 0 saturated heterocycles. The van der Waals surface area contributed by atoms with E-state index < -0.39 is 5.63 Å². The number of aliphatic hydroxyl groups is 1. The van der Waals surface area contributed by atoms with Crippen LogP contribution in [0.5, 0.6) is 0 Å². The Morgan fingerprint density at radius 1 is 1.36 bits per heavy atom. The van der Waals surface area contributed by atoms with Crippen LogP contribution in [-0.2, 0) is 6.61 Å². The van der Waals surface area contributed by atoms with Gasteiger partial charge in [-0.05, 0) is 15.5 Å². The van der Waals surface area contributed by atoms with Gasteiger partial charge in [0.15, 0.2) is 0 Å². The molecule has 0 atom stereocenters. The predicted molar refractivity (Wildman–Crippen MR) is 46.8 cm³/mol. The zero-order valence-electron chi connectivity index (χ0n) is 7.30. The van der Waals surface area contributed by atoms with Crippen molar-refractivity contribution in [3.63, 3.8) is 0 Å². The molecule has 0 aliphatic rings. The molecule has 0 aliphatic carbocycles. The molecule has 5 heteroatoms. The molecule has 2 aromatic rings. The smallest absolute Gasteiger partial charge is 0.392 e. The van der Waals surface area contributed by atoms with Crippen LogP contribution in [0.25, 0.3) is 5.69 Å². The van der Waals surface area contributed by atoms with E-state index in [2.05, 4.69) is 9.79 Å². The third-order valence-corrected chi connectivity index (χ3v) is 1.88. The Morgan fingerprint density at radius 2 is 2.07 bits per heavy atom. The second-order valence-electron chi connectivity index (χ2n) is 2.84. The molecule has 0 amide bonds. The summed E-state index contributed by atoms with van der Waals surface area (Å²) in [7, 11) is 0. The number of benzene rings is 1. The fourth-order valence-electron chi connectivity index (χ4n) is 1.14. The monoisotopic (exact) mass is 193 g/mol. The van der Waals surface area contributed by atoms with Crippen LogP contribution in [0.15, 0.2) is 39.8 Å². The number of rotatable bonds is 2. The minimum Gasteiger partial charge on any atom is -0.392 e. The van der Waals surface area contributed by atoms with Gasteiger partial charge < -0.3 is 5.11 Å². The van der Waals surface area contributed by atoms with E-state index in [0.717, 1.165) is 11.3 Å². The quantitative estimate of drug-likeness (QED) is 0.645. The summed E-state index contributed by atoms with van der Waals surface area (Å²) >= 11 is 0. The summed E-state index contributed by atoms with van der Waals surface area (Å²) < 4.78 is 5.97. The SMILES string of the molecule is O=c1c[n+](-c2ccc(CO)cc2)[nH]o1. The van der Waals surface area contributed by atoms with Gasteiger partial charge in [0.05, 0.1) is 6.61 Å². The van der Waals surface area contributed by atoms with Crippen molar-refractivity contribution in [3.05, 3.63) is 46.4 Å². The number of hydrogen-bond donors (Lipinski definition) is 2. The molecule has 0 spiro atoms. The van der Waals surface area contributed by atoms with Gasteiger partial charge in [0.1, 0.15) is 0 Å². The summed E-state index contributed by atoms with van der Waals surface area (Å²) in [6.45, 7) is 0.00680. The molecular weight excluding hydrogens is 184 g/mol. The average Bonchev–Trinajstić information content (AvgIpc) is 2.65. The Balaban J connectivity index is 2.38. The summed E-state index contributed by atoms with van der Waals surface area (Å²) in [5.41, 5.74) is 1.16. The highest BCUT2D eigenvalue weighted by Gasteiger charge is 2.09. The Bertz CT molecular complexity index is 469. The van der Waals surface area contributed by atoms with Gasteiger partial charge in [0.2, 0.25) is 5.69 Å². The van der Waals surface area contributed by atoms with Crippen LogP contribution in [0.1, 0.15) is 5.56 Å². The number of aromatic amines is 1. The lowest BCUT2D eigenvalue weighted by Gasteiger charge is -1.93. The van der Waals surface area contributed by atoms with Crippen LogP contribution in [-0.4, -0.2) is 10.4 Å². The topological polar surface area (TPSA) is 70.1 Å². The van der Waals surface area contributed by atoms with E-state index in [0.29, 0.717) is 0 Å².